The highest BCUT2D eigenvalue weighted by Gasteiger charge is 2.26. The summed E-state index contributed by atoms with van der Waals surface area (Å²) in [6.45, 7) is 1.93. The minimum Gasteiger partial charge on any atom is -0.355 e. The van der Waals surface area contributed by atoms with E-state index >= 15 is 0 Å². The van der Waals surface area contributed by atoms with E-state index in [1.54, 1.807) is 18.1 Å². The molecule has 1 fully saturated rings. The van der Waals surface area contributed by atoms with Crippen molar-refractivity contribution >= 4 is 17.4 Å². The zero-order chi connectivity index (χ0) is 17.9. The van der Waals surface area contributed by atoms with Gasteiger partial charge in [-0.25, -0.2) is 4.98 Å². The molecular formula is C19H20N6O. The smallest absolute Gasteiger partial charge is 0.280 e. The zero-order valence-corrected chi connectivity index (χ0v) is 14.6. The monoisotopic (exact) mass is 348 g/mol. The Bertz CT molecular complexity index is 901. The van der Waals surface area contributed by atoms with Crippen molar-refractivity contribution in [2.24, 2.45) is 0 Å². The molecule has 7 heteroatoms. The van der Waals surface area contributed by atoms with Crippen molar-refractivity contribution in [3.63, 3.8) is 0 Å². The first kappa shape index (κ1) is 16.3. The van der Waals surface area contributed by atoms with Crippen LogP contribution in [0.2, 0.25) is 0 Å². The number of benzene rings is 1. The van der Waals surface area contributed by atoms with Crippen LogP contribution in [0.25, 0.3) is 11.3 Å². The average Bonchev–Trinajstić information content (AvgIpc) is 3.39. The van der Waals surface area contributed by atoms with Crippen LogP contribution >= 0.6 is 0 Å². The first-order valence-corrected chi connectivity index (χ1v) is 8.70. The predicted octanol–water partition coefficient (Wildman–Crippen LogP) is 2.74. The van der Waals surface area contributed by atoms with Gasteiger partial charge in [0, 0.05) is 31.9 Å². The lowest BCUT2D eigenvalue weighted by atomic mass is 10.1. The number of aromatic nitrogens is 4. The molecular weight excluding hydrogens is 328 g/mol. The molecule has 1 aromatic carbocycles. The van der Waals surface area contributed by atoms with Crippen LogP contribution in [0, 0.1) is 0 Å². The van der Waals surface area contributed by atoms with Crippen molar-refractivity contribution in [2.75, 3.05) is 29.9 Å². The number of rotatable bonds is 4. The number of carbonyl (C=O) groups is 1. The molecule has 7 nitrogen and oxygen atoms in total. The van der Waals surface area contributed by atoms with Gasteiger partial charge in [0.1, 0.15) is 5.69 Å². The molecule has 1 aliphatic heterocycles. The Morgan fingerprint density at radius 3 is 2.62 bits per heavy atom. The predicted molar refractivity (Wildman–Crippen MR) is 100 cm³/mol. The number of aromatic amines is 1. The molecule has 4 rings (SSSR count). The lowest BCUT2D eigenvalue weighted by Crippen LogP contribution is -2.30. The van der Waals surface area contributed by atoms with Crippen molar-refractivity contribution in [2.45, 2.75) is 12.8 Å². The van der Waals surface area contributed by atoms with Gasteiger partial charge in [0.15, 0.2) is 11.5 Å². The molecule has 1 aliphatic rings. The van der Waals surface area contributed by atoms with Gasteiger partial charge in [0.2, 0.25) is 0 Å². The van der Waals surface area contributed by atoms with Crippen molar-refractivity contribution in [1.29, 1.82) is 0 Å². The van der Waals surface area contributed by atoms with Crippen molar-refractivity contribution in [3.8, 4) is 11.3 Å². The van der Waals surface area contributed by atoms with Gasteiger partial charge >= 0.3 is 0 Å². The minimum atomic E-state index is -0.217. The van der Waals surface area contributed by atoms with Gasteiger partial charge in [-0.05, 0) is 25.0 Å². The second-order valence-corrected chi connectivity index (χ2v) is 6.29. The second-order valence-electron chi connectivity index (χ2n) is 6.29. The summed E-state index contributed by atoms with van der Waals surface area (Å²) >= 11 is 0. The molecule has 2 aromatic heterocycles. The highest BCUT2D eigenvalue weighted by molar-refractivity contribution is 6.09. The summed E-state index contributed by atoms with van der Waals surface area (Å²) in [5, 5.41) is 10.9. The Balaban J connectivity index is 1.67. The molecule has 0 aliphatic carbocycles. The summed E-state index contributed by atoms with van der Waals surface area (Å²) < 4.78 is 0. The van der Waals surface area contributed by atoms with E-state index in [1.165, 1.54) is 0 Å². The van der Waals surface area contributed by atoms with Gasteiger partial charge in [-0.3, -0.25) is 4.79 Å². The molecule has 3 aromatic rings. The molecule has 0 saturated carbocycles. The molecule has 26 heavy (non-hydrogen) atoms. The van der Waals surface area contributed by atoms with Gasteiger partial charge in [-0.1, -0.05) is 30.3 Å². The number of hydrogen-bond donors (Lipinski definition) is 1. The maximum absolute atomic E-state index is 13.1. The quantitative estimate of drug-likeness (QED) is 0.784. The molecule has 0 bridgehead atoms. The summed E-state index contributed by atoms with van der Waals surface area (Å²) in [6.07, 6.45) is 4.06. The Labute approximate surface area is 151 Å². The van der Waals surface area contributed by atoms with E-state index in [1.807, 2.05) is 42.5 Å². The van der Waals surface area contributed by atoms with E-state index in [-0.39, 0.29) is 5.91 Å². The van der Waals surface area contributed by atoms with Gasteiger partial charge in [0.25, 0.3) is 5.91 Å². The first-order valence-electron chi connectivity index (χ1n) is 8.70. The van der Waals surface area contributed by atoms with Gasteiger partial charge in [-0.2, -0.15) is 15.4 Å². The molecule has 132 valence electrons. The SMILES string of the molecule is CN(C(=O)c1n[nH]nc1-c1ccccc1)c1cccnc1N1CCCC1. The highest BCUT2D eigenvalue weighted by atomic mass is 16.2. The molecule has 1 N–H and O–H groups in total. The zero-order valence-electron chi connectivity index (χ0n) is 14.6. The number of carbonyl (C=O) groups excluding carboxylic acids is 1. The summed E-state index contributed by atoms with van der Waals surface area (Å²) in [4.78, 5) is 21.5. The minimum absolute atomic E-state index is 0.217. The molecule has 0 radical (unpaired) electrons. The van der Waals surface area contributed by atoms with Gasteiger partial charge in [-0.15, -0.1) is 0 Å². The first-order chi connectivity index (χ1) is 12.8. The van der Waals surface area contributed by atoms with E-state index in [0.29, 0.717) is 11.4 Å². The molecule has 0 unspecified atom stereocenters. The van der Waals surface area contributed by atoms with Crippen molar-refractivity contribution < 1.29 is 4.79 Å². The summed E-state index contributed by atoms with van der Waals surface area (Å²) in [5.41, 5.74) is 2.48. The highest BCUT2D eigenvalue weighted by Crippen LogP contribution is 2.30. The Hall–Kier alpha value is -3.22. The van der Waals surface area contributed by atoms with Gasteiger partial charge in [0.05, 0.1) is 5.69 Å². The number of pyridine rings is 1. The van der Waals surface area contributed by atoms with Crippen LogP contribution in [-0.2, 0) is 0 Å². The van der Waals surface area contributed by atoms with Crippen LogP contribution in [0.1, 0.15) is 23.3 Å². The number of nitrogens with zero attached hydrogens (tertiary/aromatic N) is 5. The molecule has 3 heterocycles. The third-order valence-corrected chi connectivity index (χ3v) is 4.64. The largest absolute Gasteiger partial charge is 0.355 e. The number of anilines is 2. The Kier molecular flexibility index (Phi) is 4.35. The van der Waals surface area contributed by atoms with Crippen LogP contribution in [0.5, 0.6) is 0 Å². The Morgan fingerprint density at radius 1 is 1.08 bits per heavy atom. The summed E-state index contributed by atoms with van der Waals surface area (Å²) in [7, 11) is 1.75. The lowest BCUT2D eigenvalue weighted by molar-refractivity contribution is 0.0989. The lowest BCUT2D eigenvalue weighted by Gasteiger charge is -2.24. The Morgan fingerprint density at radius 2 is 1.85 bits per heavy atom. The van der Waals surface area contributed by atoms with Crippen LogP contribution in [0.3, 0.4) is 0 Å². The molecule has 1 saturated heterocycles. The topological polar surface area (TPSA) is 78.0 Å². The third-order valence-electron chi connectivity index (χ3n) is 4.64. The van der Waals surface area contributed by atoms with Crippen molar-refractivity contribution in [3.05, 3.63) is 54.4 Å². The number of H-pyrrole nitrogens is 1. The van der Waals surface area contributed by atoms with Crippen LogP contribution in [0.15, 0.2) is 48.7 Å². The maximum Gasteiger partial charge on any atom is 0.280 e. The van der Waals surface area contributed by atoms with Crippen LogP contribution in [0.4, 0.5) is 11.5 Å². The van der Waals surface area contributed by atoms with Crippen molar-refractivity contribution in [1.82, 2.24) is 20.4 Å². The van der Waals surface area contributed by atoms with E-state index in [9.17, 15) is 4.79 Å². The normalized spacial score (nSPS) is 13.8. The fourth-order valence-electron chi connectivity index (χ4n) is 3.27. The summed E-state index contributed by atoms with van der Waals surface area (Å²) in [6, 6.07) is 13.3. The molecule has 1 amide bonds. The average molecular weight is 348 g/mol. The number of hydrogen-bond acceptors (Lipinski definition) is 5. The number of nitrogens with one attached hydrogen (secondary N) is 1. The standard InChI is InChI=1S/C19H20N6O/c1-24(15-10-7-11-20-18(15)25-12-5-6-13-25)19(26)17-16(21-23-22-17)14-8-3-2-4-9-14/h2-4,7-11H,5-6,12-13H2,1H3,(H,21,22,23). The molecule has 0 spiro atoms. The fraction of sp³-hybridized carbons (Fsp3) is 0.263. The van der Waals surface area contributed by atoms with Gasteiger partial charge < -0.3 is 9.80 Å². The molecule has 0 atom stereocenters. The fourth-order valence-corrected chi connectivity index (χ4v) is 3.27. The number of amides is 1. The van der Waals surface area contributed by atoms with E-state index in [0.717, 1.165) is 43.0 Å². The maximum atomic E-state index is 13.1. The second kappa shape index (κ2) is 6.95. The van der Waals surface area contributed by atoms with E-state index in [2.05, 4.69) is 25.3 Å². The third kappa shape index (κ3) is 2.92. The van der Waals surface area contributed by atoms with E-state index < -0.39 is 0 Å². The summed E-state index contributed by atoms with van der Waals surface area (Å²) in [5.74, 6) is 0.622. The van der Waals surface area contributed by atoms with Crippen LogP contribution in [-0.4, -0.2) is 46.4 Å². The van der Waals surface area contributed by atoms with Crippen LogP contribution < -0.4 is 9.80 Å². The van der Waals surface area contributed by atoms with E-state index in [4.69, 9.17) is 0 Å².